The molecule has 0 saturated carbocycles. The van der Waals surface area contributed by atoms with Gasteiger partial charge < -0.3 is 5.11 Å². The van der Waals surface area contributed by atoms with E-state index in [0.29, 0.717) is 4.88 Å². The molecule has 76 valence electrons. The minimum absolute atomic E-state index is 0.285. The fourth-order valence-electron chi connectivity index (χ4n) is 1.21. The van der Waals surface area contributed by atoms with E-state index in [-0.39, 0.29) is 4.88 Å². The van der Waals surface area contributed by atoms with E-state index >= 15 is 0 Å². The van der Waals surface area contributed by atoms with Gasteiger partial charge in [0.05, 0.1) is 4.88 Å². The largest absolute Gasteiger partial charge is 0.477 e. The quantitative estimate of drug-likeness (QED) is 0.836. The summed E-state index contributed by atoms with van der Waals surface area (Å²) in [6.45, 7) is 0. The van der Waals surface area contributed by atoms with Crippen molar-refractivity contribution >= 4 is 34.9 Å². The van der Waals surface area contributed by atoms with Gasteiger partial charge >= 0.3 is 5.97 Å². The SMILES string of the molecule is O=Cc1sccc1-c1ccc(C(=O)O)s1. The first kappa shape index (κ1) is 10.1. The van der Waals surface area contributed by atoms with Gasteiger partial charge in [-0.15, -0.1) is 22.7 Å². The predicted octanol–water partition coefficient (Wildman–Crippen LogP) is 2.99. The van der Waals surface area contributed by atoms with Crippen molar-refractivity contribution < 1.29 is 14.7 Å². The number of hydrogen-bond donors (Lipinski definition) is 1. The number of aromatic carboxylic acids is 1. The van der Waals surface area contributed by atoms with E-state index in [9.17, 15) is 9.59 Å². The van der Waals surface area contributed by atoms with Crippen molar-refractivity contribution in [1.29, 1.82) is 0 Å². The lowest BCUT2D eigenvalue weighted by Crippen LogP contribution is -1.89. The Balaban J connectivity index is 2.45. The first-order chi connectivity index (χ1) is 7.22. The monoisotopic (exact) mass is 238 g/mol. The van der Waals surface area contributed by atoms with Gasteiger partial charge in [0.2, 0.25) is 0 Å². The van der Waals surface area contributed by atoms with Crippen LogP contribution in [-0.2, 0) is 0 Å². The predicted molar refractivity (Wildman–Crippen MR) is 60.0 cm³/mol. The Morgan fingerprint density at radius 3 is 2.73 bits per heavy atom. The molecule has 2 rings (SSSR count). The lowest BCUT2D eigenvalue weighted by molar-refractivity contribution is 0.0702. The fraction of sp³-hybridized carbons (Fsp3) is 0. The molecule has 0 spiro atoms. The van der Waals surface area contributed by atoms with Crippen molar-refractivity contribution in [3.8, 4) is 10.4 Å². The van der Waals surface area contributed by atoms with E-state index < -0.39 is 5.97 Å². The van der Waals surface area contributed by atoms with Crippen LogP contribution in [0.1, 0.15) is 19.3 Å². The second kappa shape index (κ2) is 3.96. The lowest BCUT2D eigenvalue weighted by atomic mass is 10.2. The molecule has 0 amide bonds. The molecule has 0 aliphatic rings. The Bertz CT molecular complexity index is 510. The second-order valence-electron chi connectivity index (χ2n) is 2.79. The molecule has 2 heterocycles. The van der Waals surface area contributed by atoms with Gasteiger partial charge in [-0.25, -0.2) is 4.79 Å². The minimum atomic E-state index is -0.936. The zero-order valence-corrected chi connectivity index (χ0v) is 9.10. The Kier molecular flexibility index (Phi) is 2.66. The number of thiophene rings is 2. The summed E-state index contributed by atoms with van der Waals surface area (Å²) < 4.78 is 0. The van der Waals surface area contributed by atoms with Gasteiger partial charge in [0, 0.05) is 10.4 Å². The van der Waals surface area contributed by atoms with Crippen molar-refractivity contribution in [3.05, 3.63) is 33.3 Å². The Morgan fingerprint density at radius 2 is 2.13 bits per heavy atom. The van der Waals surface area contributed by atoms with Crippen molar-refractivity contribution in [3.63, 3.8) is 0 Å². The molecule has 3 nitrogen and oxygen atoms in total. The highest BCUT2D eigenvalue weighted by Gasteiger charge is 2.11. The molecule has 15 heavy (non-hydrogen) atoms. The average Bonchev–Trinajstić information content (AvgIpc) is 2.85. The highest BCUT2D eigenvalue weighted by molar-refractivity contribution is 7.18. The summed E-state index contributed by atoms with van der Waals surface area (Å²) in [6, 6.07) is 5.10. The van der Waals surface area contributed by atoms with E-state index in [1.807, 2.05) is 11.4 Å². The van der Waals surface area contributed by atoms with E-state index in [1.54, 1.807) is 12.1 Å². The van der Waals surface area contributed by atoms with Crippen molar-refractivity contribution in [2.75, 3.05) is 0 Å². The molecule has 0 bridgehead atoms. The number of carboxylic acid groups (broad SMARTS) is 1. The maximum atomic E-state index is 10.7. The summed E-state index contributed by atoms with van der Waals surface area (Å²) in [5, 5.41) is 10.6. The summed E-state index contributed by atoms with van der Waals surface area (Å²) in [4.78, 5) is 23.1. The van der Waals surface area contributed by atoms with Gasteiger partial charge in [-0.05, 0) is 23.6 Å². The fourth-order valence-corrected chi connectivity index (χ4v) is 2.87. The first-order valence-electron chi connectivity index (χ1n) is 4.08. The number of carbonyl (C=O) groups is 2. The molecule has 2 aromatic heterocycles. The van der Waals surface area contributed by atoms with Crippen LogP contribution < -0.4 is 0 Å². The highest BCUT2D eigenvalue weighted by Crippen LogP contribution is 2.32. The van der Waals surface area contributed by atoms with Crippen LogP contribution in [0.5, 0.6) is 0 Å². The molecular formula is C10H6O3S2. The van der Waals surface area contributed by atoms with Crippen LogP contribution in [0.4, 0.5) is 0 Å². The third-order valence-electron chi connectivity index (χ3n) is 1.88. The second-order valence-corrected chi connectivity index (χ2v) is 4.82. The lowest BCUT2D eigenvalue weighted by Gasteiger charge is -1.92. The summed E-state index contributed by atoms with van der Waals surface area (Å²) in [6.07, 6.45) is 0.792. The molecule has 0 unspecified atom stereocenters. The molecule has 1 N–H and O–H groups in total. The third-order valence-corrected chi connectivity index (χ3v) is 3.83. The van der Waals surface area contributed by atoms with Crippen LogP contribution in [0.2, 0.25) is 0 Å². The minimum Gasteiger partial charge on any atom is -0.477 e. The van der Waals surface area contributed by atoms with Gasteiger partial charge in [0.25, 0.3) is 0 Å². The molecule has 5 heteroatoms. The van der Waals surface area contributed by atoms with E-state index in [0.717, 1.165) is 16.7 Å². The number of hydrogen-bond acceptors (Lipinski definition) is 4. The summed E-state index contributed by atoms with van der Waals surface area (Å²) >= 11 is 2.53. The summed E-state index contributed by atoms with van der Waals surface area (Å²) in [5.41, 5.74) is 0.813. The van der Waals surface area contributed by atoms with Crippen LogP contribution in [0, 0.1) is 0 Å². The van der Waals surface area contributed by atoms with Crippen LogP contribution in [0.25, 0.3) is 10.4 Å². The Morgan fingerprint density at radius 1 is 1.33 bits per heavy atom. The number of rotatable bonds is 3. The number of carboxylic acids is 1. The Labute approximate surface area is 93.6 Å². The molecular weight excluding hydrogens is 232 g/mol. The normalized spacial score (nSPS) is 10.1. The van der Waals surface area contributed by atoms with Gasteiger partial charge in [-0.2, -0.15) is 0 Å². The third kappa shape index (κ3) is 1.84. The van der Waals surface area contributed by atoms with Gasteiger partial charge in [0.1, 0.15) is 4.88 Å². The number of aldehydes is 1. The molecule has 0 aliphatic heterocycles. The topological polar surface area (TPSA) is 54.4 Å². The van der Waals surface area contributed by atoms with Crippen LogP contribution in [0.3, 0.4) is 0 Å². The number of carbonyl (C=O) groups excluding carboxylic acids is 1. The summed E-state index contributed by atoms with van der Waals surface area (Å²) in [7, 11) is 0. The van der Waals surface area contributed by atoms with E-state index in [1.165, 1.54) is 22.7 Å². The molecule has 0 saturated heterocycles. The maximum absolute atomic E-state index is 10.7. The first-order valence-corrected chi connectivity index (χ1v) is 5.78. The molecule has 0 atom stereocenters. The molecule has 0 aliphatic carbocycles. The van der Waals surface area contributed by atoms with Crippen molar-refractivity contribution in [2.24, 2.45) is 0 Å². The standard InChI is InChI=1S/C10H6O3S2/c11-5-9-6(3-4-14-9)7-1-2-8(15-7)10(12)13/h1-5H,(H,12,13). The van der Waals surface area contributed by atoms with Crippen LogP contribution >= 0.6 is 22.7 Å². The maximum Gasteiger partial charge on any atom is 0.345 e. The molecule has 2 aromatic rings. The van der Waals surface area contributed by atoms with E-state index in [4.69, 9.17) is 5.11 Å². The zero-order valence-electron chi connectivity index (χ0n) is 7.47. The van der Waals surface area contributed by atoms with Gasteiger partial charge in [-0.1, -0.05) is 0 Å². The highest BCUT2D eigenvalue weighted by atomic mass is 32.1. The Hall–Kier alpha value is -1.46. The molecule has 0 radical (unpaired) electrons. The van der Waals surface area contributed by atoms with Crippen molar-refractivity contribution in [2.45, 2.75) is 0 Å². The van der Waals surface area contributed by atoms with Gasteiger partial charge in [-0.3, -0.25) is 4.79 Å². The summed E-state index contributed by atoms with van der Waals surface area (Å²) in [5.74, 6) is -0.936. The smallest absolute Gasteiger partial charge is 0.345 e. The zero-order chi connectivity index (χ0) is 10.8. The average molecular weight is 238 g/mol. The van der Waals surface area contributed by atoms with E-state index in [2.05, 4.69) is 0 Å². The molecule has 0 aromatic carbocycles. The van der Waals surface area contributed by atoms with Crippen LogP contribution in [0.15, 0.2) is 23.6 Å². The van der Waals surface area contributed by atoms with Crippen LogP contribution in [-0.4, -0.2) is 17.4 Å². The van der Waals surface area contributed by atoms with Crippen molar-refractivity contribution in [1.82, 2.24) is 0 Å². The molecule has 0 fully saturated rings. The van der Waals surface area contributed by atoms with Gasteiger partial charge in [0.15, 0.2) is 6.29 Å².